The summed E-state index contributed by atoms with van der Waals surface area (Å²) in [4.78, 5) is 1.43. The van der Waals surface area contributed by atoms with Crippen molar-refractivity contribution in [3.05, 3.63) is 22.4 Å². The van der Waals surface area contributed by atoms with E-state index in [1.807, 2.05) is 11.3 Å². The lowest BCUT2D eigenvalue weighted by molar-refractivity contribution is 0.132. The Hall–Kier alpha value is -0.380. The molecule has 1 aliphatic rings. The van der Waals surface area contributed by atoms with Gasteiger partial charge in [0.05, 0.1) is 6.61 Å². The molecule has 0 radical (unpaired) electrons. The Morgan fingerprint density at radius 1 is 1.44 bits per heavy atom. The van der Waals surface area contributed by atoms with Crippen LogP contribution < -0.4 is 5.32 Å². The largest absolute Gasteiger partial charge is 0.381 e. The summed E-state index contributed by atoms with van der Waals surface area (Å²) in [7, 11) is 0. The molecule has 2 heterocycles. The van der Waals surface area contributed by atoms with Crippen molar-refractivity contribution in [2.75, 3.05) is 19.8 Å². The molecule has 0 bridgehead atoms. The van der Waals surface area contributed by atoms with Crippen LogP contribution in [-0.4, -0.2) is 25.8 Å². The van der Waals surface area contributed by atoms with Gasteiger partial charge in [0, 0.05) is 23.9 Å². The first-order valence-electron chi connectivity index (χ1n) is 6.28. The monoisotopic (exact) mass is 239 g/mol. The Balaban J connectivity index is 1.43. The van der Waals surface area contributed by atoms with Crippen LogP contribution in [-0.2, 0) is 11.2 Å². The van der Waals surface area contributed by atoms with Crippen molar-refractivity contribution in [3.63, 3.8) is 0 Å². The van der Waals surface area contributed by atoms with Crippen LogP contribution in [0.3, 0.4) is 0 Å². The van der Waals surface area contributed by atoms with Crippen LogP contribution in [0, 0.1) is 0 Å². The normalized spacial score (nSPS) is 20.4. The summed E-state index contributed by atoms with van der Waals surface area (Å²) in [5.41, 5.74) is 0. The van der Waals surface area contributed by atoms with Crippen LogP contribution in [0.5, 0.6) is 0 Å². The summed E-state index contributed by atoms with van der Waals surface area (Å²) in [6.07, 6.45) is 6.25. The first kappa shape index (κ1) is 12.1. The van der Waals surface area contributed by atoms with E-state index in [9.17, 15) is 0 Å². The van der Waals surface area contributed by atoms with Crippen molar-refractivity contribution in [2.45, 2.75) is 38.1 Å². The molecule has 0 spiro atoms. The molecule has 1 atom stereocenters. The summed E-state index contributed by atoms with van der Waals surface area (Å²) in [6, 6.07) is 5.04. The average Bonchev–Trinajstić information content (AvgIpc) is 2.96. The maximum Gasteiger partial charge on any atom is 0.0514 e. The molecule has 1 aromatic rings. The topological polar surface area (TPSA) is 21.3 Å². The van der Waals surface area contributed by atoms with E-state index >= 15 is 0 Å². The second-order valence-electron chi connectivity index (χ2n) is 4.38. The Kier molecular flexibility index (Phi) is 5.32. The Labute approximate surface area is 102 Å². The van der Waals surface area contributed by atoms with Crippen molar-refractivity contribution >= 4 is 11.3 Å². The first-order valence-corrected chi connectivity index (χ1v) is 7.16. The third kappa shape index (κ3) is 4.24. The molecule has 0 aliphatic carbocycles. The Bertz CT molecular complexity index is 267. The van der Waals surface area contributed by atoms with Crippen molar-refractivity contribution in [2.24, 2.45) is 0 Å². The average molecular weight is 239 g/mol. The highest BCUT2D eigenvalue weighted by Gasteiger charge is 2.12. The minimum atomic E-state index is 0.765. The molecular weight excluding hydrogens is 218 g/mol. The minimum Gasteiger partial charge on any atom is -0.381 e. The molecule has 2 nitrogen and oxygen atoms in total. The summed E-state index contributed by atoms with van der Waals surface area (Å²) in [5, 5.41) is 5.64. The molecule has 1 saturated heterocycles. The van der Waals surface area contributed by atoms with E-state index in [0.29, 0.717) is 0 Å². The maximum atomic E-state index is 5.65. The standard InChI is InChI=1S/C13H21NOS/c1-4-12(14-8-1)5-2-9-15-10-7-13-6-3-11-16-13/h3,6,11-12,14H,1-2,4-5,7-10H2. The van der Waals surface area contributed by atoms with Gasteiger partial charge in [0.1, 0.15) is 0 Å². The van der Waals surface area contributed by atoms with Gasteiger partial charge in [-0.15, -0.1) is 11.3 Å². The third-order valence-electron chi connectivity index (χ3n) is 3.08. The molecule has 1 aliphatic heterocycles. The number of ether oxygens (including phenoxy) is 1. The molecule has 0 aromatic carbocycles. The highest BCUT2D eigenvalue weighted by molar-refractivity contribution is 7.09. The van der Waals surface area contributed by atoms with Gasteiger partial charge in [0.15, 0.2) is 0 Å². The van der Waals surface area contributed by atoms with E-state index in [-0.39, 0.29) is 0 Å². The molecule has 1 fully saturated rings. The van der Waals surface area contributed by atoms with Gasteiger partial charge in [0.25, 0.3) is 0 Å². The van der Waals surface area contributed by atoms with Crippen molar-refractivity contribution in [1.82, 2.24) is 5.32 Å². The molecule has 1 aromatic heterocycles. The van der Waals surface area contributed by atoms with Crippen molar-refractivity contribution in [3.8, 4) is 0 Å². The van der Waals surface area contributed by atoms with Gasteiger partial charge in [0.2, 0.25) is 0 Å². The van der Waals surface area contributed by atoms with Crippen LogP contribution in [0.1, 0.15) is 30.6 Å². The van der Waals surface area contributed by atoms with Gasteiger partial charge in [-0.1, -0.05) is 6.07 Å². The smallest absolute Gasteiger partial charge is 0.0514 e. The molecule has 0 amide bonds. The third-order valence-corrected chi connectivity index (χ3v) is 4.01. The summed E-state index contributed by atoms with van der Waals surface area (Å²) in [5.74, 6) is 0. The molecule has 1 N–H and O–H groups in total. The van der Waals surface area contributed by atoms with Crippen LogP contribution in [0.4, 0.5) is 0 Å². The fourth-order valence-corrected chi connectivity index (χ4v) is 2.85. The zero-order valence-corrected chi connectivity index (χ0v) is 10.6. The van der Waals surface area contributed by atoms with E-state index < -0.39 is 0 Å². The highest BCUT2D eigenvalue weighted by Crippen LogP contribution is 2.11. The summed E-state index contributed by atoms with van der Waals surface area (Å²) >= 11 is 1.82. The predicted octanol–water partition coefficient (Wildman–Crippen LogP) is 2.84. The van der Waals surface area contributed by atoms with E-state index in [1.54, 1.807) is 0 Å². The van der Waals surface area contributed by atoms with Gasteiger partial charge in [-0.2, -0.15) is 0 Å². The van der Waals surface area contributed by atoms with Crippen LogP contribution in [0.15, 0.2) is 17.5 Å². The number of thiophene rings is 1. The van der Waals surface area contributed by atoms with Gasteiger partial charge >= 0.3 is 0 Å². The van der Waals surface area contributed by atoms with E-state index in [2.05, 4.69) is 22.8 Å². The van der Waals surface area contributed by atoms with Gasteiger partial charge in [-0.05, 0) is 43.7 Å². The lowest BCUT2D eigenvalue weighted by atomic mass is 10.1. The second kappa shape index (κ2) is 7.05. The quantitative estimate of drug-likeness (QED) is 0.739. The number of rotatable bonds is 7. The fraction of sp³-hybridized carbons (Fsp3) is 0.692. The zero-order chi connectivity index (χ0) is 11.1. The first-order chi connectivity index (χ1) is 7.95. The zero-order valence-electron chi connectivity index (χ0n) is 9.78. The molecule has 0 saturated carbocycles. The lowest BCUT2D eigenvalue weighted by Crippen LogP contribution is -2.21. The van der Waals surface area contributed by atoms with Crippen molar-refractivity contribution in [1.29, 1.82) is 0 Å². The number of nitrogens with one attached hydrogen (secondary N) is 1. The lowest BCUT2D eigenvalue weighted by Gasteiger charge is -2.09. The Morgan fingerprint density at radius 2 is 2.44 bits per heavy atom. The SMILES string of the molecule is c1csc(CCOCCCC2CCCN2)c1. The summed E-state index contributed by atoms with van der Waals surface area (Å²) in [6.45, 7) is 3.01. The van der Waals surface area contributed by atoms with Crippen molar-refractivity contribution < 1.29 is 4.74 Å². The second-order valence-corrected chi connectivity index (χ2v) is 5.41. The fourth-order valence-electron chi connectivity index (χ4n) is 2.16. The molecule has 1 unspecified atom stereocenters. The van der Waals surface area contributed by atoms with Crippen LogP contribution in [0.2, 0.25) is 0 Å². The molecule has 2 rings (SSSR count). The van der Waals surface area contributed by atoms with Gasteiger partial charge in [-0.25, -0.2) is 0 Å². The van der Waals surface area contributed by atoms with E-state index in [1.165, 1.54) is 37.1 Å². The number of hydrogen-bond acceptors (Lipinski definition) is 3. The number of hydrogen-bond donors (Lipinski definition) is 1. The molecule has 16 heavy (non-hydrogen) atoms. The Morgan fingerprint density at radius 3 is 3.19 bits per heavy atom. The van der Waals surface area contributed by atoms with Gasteiger partial charge < -0.3 is 10.1 Å². The van der Waals surface area contributed by atoms with Gasteiger partial charge in [-0.3, -0.25) is 0 Å². The minimum absolute atomic E-state index is 0.765. The maximum absolute atomic E-state index is 5.65. The van der Waals surface area contributed by atoms with Crippen LogP contribution >= 0.6 is 11.3 Å². The molecular formula is C13H21NOS. The molecule has 90 valence electrons. The highest BCUT2D eigenvalue weighted by atomic mass is 32.1. The predicted molar refractivity (Wildman–Crippen MR) is 69.1 cm³/mol. The summed E-state index contributed by atoms with van der Waals surface area (Å²) < 4.78 is 5.65. The van der Waals surface area contributed by atoms with Crippen LogP contribution in [0.25, 0.3) is 0 Å². The molecule has 3 heteroatoms. The van der Waals surface area contributed by atoms with E-state index in [4.69, 9.17) is 4.74 Å². The van der Waals surface area contributed by atoms with E-state index in [0.717, 1.165) is 25.7 Å².